The summed E-state index contributed by atoms with van der Waals surface area (Å²) < 4.78 is 25.8. The fourth-order valence-corrected chi connectivity index (χ4v) is 1.42. The van der Waals surface area contributed by atoms with Gasteiger partial charge in [-0.25, -0.2) is 18.7 Å². The van der Waals surface area contributed by atoms with Crippen LogP contribution in [-0.4, -0.2) is 9.97 Å². The lowest BCUT2D eigenvalue weighted by Crippen LogP contribution is -1.95. The van der Waals surface area contributed by atoms with Gasteiger partial charge in [0.25, 0.3) is 0 Å². The molecule has 1 aromatic carbocycles. The lowest BCUT2D eigenvalue weighted by atomic mass is 10.2. The van der Waals surface area contributed by atoms with Gasteiger partial charge in [0, 0.05) is 17.1 Å². The number of aryl methyl sites for hydroxylation is 2. The van der Waals surface area contributed by atoms with Crippen LogP contribution in [0.2, 0.25) is 0 Å². The zero-order valence-electron chi connectivity index (χ0n) is 9.81. The molecule has 0 saturated carbocycles. The maximum Gasteiger partial charge on any atom is 0.161 e. The third-order valence-electron chi connectivity index (χ3n) is 2.04. The Hall–Kier alpha value is -1.58. The normalized spacial score (nSPS) is 9.88. The highest BCUT2D eigenvalue weighted by molar-refractivity contribution is 5.80. The van der Waals surface area contributed by atoms with Crippen LogP contribution in [0.1, 0.15) is 25.4 Å². The van der Waals surface area contributed by atoms with Crippen LogP contribution in [-0.2, 0) is 0 Å². The van der Waals surface area contributed by atoms with Crippen molar-refractivity contribution in [1.82, 2.24) is 9.97 Å². The molecule has 0 saturated heterocycles. The van der Waals surface area contributed by atoms with Gasteiger partial charge < -0.3 is 0 Å². The molecule has 0 fully saturated rings. The predicted octanol–water partition coefficient (Wildman–Crippen LogP) is 3.55. The van der Waals surface area contributed by atoms with Crippen LogP contribution in [0.3, 0.4) is 0 Å². The minimum Gasteiger partial charge on any atom is -0.238 e. The zero-order chi connectivity index (χ0) is 12.3. The highest BCUT2D eigenvalue weighted by Gasteiger charge is 2.07. The molecule has 1 heterocycles. The second-order valence-corrected chi connectivity index (χ2v) is 3.14. The topological polar surface area (TPSA) is 25.8 Å². The number of halogens is 2. The van der Waals surface area contributed by atoms with E-state index in [0.717, 1.165) is 12.1 Å². The summed E-state index contributed by atoms with van der Waals surface area (Å²) in [5, 5.41) is 0.550. The molecular weight excluding hydrogens is 210 g/mol. The number of aromatic nitrogens is 2. The van der Waals surface area contributed by atoms with Gasteiger partial charge in [0.2, 0.25) is 0 Å². The second kappa shape index (κ2) is 4.96. The van der Waals surface area contributed by atoms with E-state index in [9.17, 15) is 8.78 Å². The summed E-state index contributed by atoms with van der Waals surface area (Å²) in [5.41, 5.74) is 1.10. The lowest BCUT2D eigenvalue weighted by molar-refractivity contribution is 0.510. The minimum absolute atomic E-state index is 0.439. The third-order valence-corrected chi connectivity index (χ3v) is 2.04. The number of nitrogens with zero attached hydrogens (tertiary/aromatic N) is 2. The van der Waals surface area contributed by atoms with Crippen LogP contribution >= 0.6 is 0 Å². The van der Waals surface area contributed by atoms with Gasteiger partial charge in [-0.3, -0.25) is 0 Å². The summed E-state index contributed by atoms with van der Waals surface area (Å²) in [7, 11) is 0. The smallest absolute Gasteiger partial charge is 0.161 e. The number of fused-ring (bicyclic) bond motifs is 1. The Morgan fingerprint density at radius 2 is 1.50 bits per heavy atom. The summed E-state index contributed by atoms with van der Waals surface area (Å²) in [5.74, 6) is -1.19. The molecule has 16 heavy (non-hydrogen) atoms. The van der Waals surface area contributed by atoms with Crippen molar-refractivity contribution >= 4 is 10.9 Å². The fourth-order valence-electron chi connectivity index (χ4n) is 1.42. The van der Waals surface area contributed by atoms with Crippen LogP contribution in [0.15, 0.2) is 12.1 Å². The zero-order valence-corrected chi connectivity index (χ0v) is 9.81. The average Bonchev–Trinajstić information content (AvgIpc) is 2.24. The highest BCUT2D eigenvalue weighted by Crippen LogP contribution is 2.18. The minimum atomic E-state index is -0.880. The first kappa shape index (κ1) is 12.5. The van der Waals surface area contributed by atoms with E-state index < -0.39 is 11.6 Å². The first-order valence-electron chi connectivity index (χ1n) is 5.18. The van der Waals surface area contributed by atoms with Crippen LogP contribution in [0.4, 0.5) is 8.78 Å². The predicted molar refractivity (Wildman–Crippen MR) is 60.3 cm³/mol. The first-order chi connectivity index (χ1) is 7.58. The molecule has 1 aromatic heterocycles. The van der Waals surface area contributed by atoms with Crippen LogP contribution in [0.25, 0.3) is 10.9 Å². The number of hydrogen-bond acceptors (Lipinski definition) is 2. The monoisotopic (exact) mass is 224 g/mol. The molecule has 0 aliphatic heterocycles. The highest BCUT2D eigenvalue weighted by atomic mass is 19.2. The number of hydrogen-bond donors (Lipinski definition) is 0. The van der Waals surface area contributed by atoms with Crippen molar-refractivity contribution in [2.45, 2.75) is 27.7 Å². The van der Waals surface area contributed by atoms with E-state index in [4.69, 9.17) is 0 Å². The van der Waals surface area contributed by atoms with Crippen LogP contribution < -0.4 is 0 Å². The summed E-state index contributed by atoms with van der Waals surface area (Å²) in [6.07, 6.45) is 0. The van der Waals surface area contributed by atoms with Crippen molar-refractivity contribution in [2.24, 2.45) is 0 Å². The lowest BCUT2D eigenvalue weighted by Gasteiger charge is -2.02. The van der Waals surface area contributed by atoms with Gasteiger partial charge in [-0.1, -0.05) is 13.8 Å². The van der Waals surface area contributed by atoms with Crippen LogP contribution in [0.5, 0.6) is 0 Å². The quantitative estimate of drug-likeness (QED) is 0.683. The molecular formula is C12H14F2N2. The molecule has 4 heteroatoms. The summed E-state index contributed by atoms with van der Waals surface area (Å²) in [6.45, 7) is 7.46. The van der Waals surface area contributed by atoms with Gasteiger partial charge in [0.15, 0.2) is 11.6 Å². The fraction of sp³-hybridized carbons (Fsp3) is 0.333. The van der Waals surface area contributed by atoms with Crippen molar-refractivity contribution in [1.29, 1.82) is 0 Å². The van der Waals surface area contributed by atoms with Gasteiger partial charge in [0.1, 0.15) is 5.82 Å². The van der Waals surface area contributed by atoms with Crippen molar-refractivity contribution in [2.75, 3.05) is 0 Å². The van der Waals surface area contributed by atoms with Crippen molar-refractivity contribution in [3.8, 4) is 0 Å². The van der Waals surface area contributed by atoms with E-state index in [1.807, 2.05) is 13.8 Å². The standard InChI is InChI=1S/C10H8F2N2.C2H6/c1-5-7-3-8(11)9(12)4-10(7)14-6(2)13-5;1-2/h3-4H,1-2H3;1-2H3. The number of benzene rings is 1. The molecule has 2 aromatic rings. The Balaban J connectivity index is 0.000000606. The van der Waals surface area contributed by atoms with Crippen molar-refractivity contribution in [3.05, 3.63) is 35.3 Å². The van der Waals surface area contributed by atoms with E-state index in [1.165, 1.54) is 0 Å². The number of rotatable bonds is 0. The SMILES string of the molecule is CC.Cc1nc(C)c2cc(F)c(F)cc2n1. The molecule has 0 radical (unpaired) electrons. The summed E-state index contributed by atoms with van der Waals surface area (Å²) in [4.78, 5) is 8.09. The van der Waals surface area contributed by atoms with E-state index in [-0.39, 0.29) is 0 Å². The molecule has 0 spiro atoms. The maximum atomic E-state index is 12.9. The summed E-state index contributed by atoms with van der Waals surface area (Å²) in [6, 6.07) is 2.21. The third kappa shape index (κ3) is 2.32. The molecule has 2 rings (SSSR count). The molecule has 0 aliphatic carbocycles. The average molecular weight is 224 g/mol. The van der Waals surface area contributed by atoms with Gasteiger partial charge in [-0.05, 0) is 19.9 Å². The van der Waals surface area contributed by atoms with Gasteiger partial charge >= 0.3 is 0 Å². The van der Waals surface area contributed by atoms with E-state index >= 15 is 0 Å². The Labute approximate surface area is 93.3 Å². The Morgan fingerprint density at radius 1 is 0.938 bits per heavy atom. The molecule has 0 unspecified atom stereocenters. The summed E-state index contributed by atoms with van der Waals surface area (Å²) >= 11 is 0. The Morgan fingerprint density at radius 3 is 2.12 bits per heavy atom. The first-order valence-corrected chi connectivity index (χ1v) is 5.18. The van der Waals surface area contributed by atoms with Gasteiger partial charge in [-0.15, -0.1) is 0 Å². The van der Waals surface area contributed by atoms with Gasteiger partial charge in [0.05, 0.1) is 5.52 Å². The van der Waals surface area contributed by atoms with E-state index in [0.29, 0.717) is 22.4 Å². The molecule has 86 valence electrons. The largest absolute Gasteiger partial charge is 0.238 e. The van der Waals surface area contributed by atoms with E-state index in [1.54, 1.807) is 13.8 Å². The molecule has 0 amide bonds. The molecule has 0 bridgehead atoms. The molecule has 0 N–H and O–H groups in total. The second-order valence-electron chi connectivity index (χ2n) is 3.14. The van der Waals surface area contributed by atoms with E-state index in [2.05, 4.69) is 9.97 Å². The van der Waals surface area contributed by atoms with Gasteiger partial charge in [-0.2, -0.15) is 0 Å². The molecule has 2 nitrogen and oxygen atoms in total. The Kier molecular flexibility index (Phi) is 3.88. The van der Waals surface area contributed by atoms with Crippen LogP contribution in [0, 0.1) is 25.5 Å². The van der Waals surface area contributed by atoms with Crippen molar-refractivity contribution < 1.29 is 8.78 Å². The van der Waals surface area contributed by atoms with Crippen molar-refractivity contribution in [3.63, 3.8) is 0 Å². The maximum absolute atomic E-state index is 12.9. The molecule has 0 atom stereocenters. The molecule has 0 aliphatic rings. The Bertz CT molecular complexity index is 510.